The molecule has 0 aliphatic carbocycles. The van der Waals surface area contributed by atoms with Crippen LogP contribution in [0.15, 0.2) is 35.2 Å². The lowest BCUT2D eigenvalue weighted by Crippen LogP contribution is -2.33. The number of ether oxygens (including phenoxy) is 1. The van der Waals surface area contributed by atoms with E-state index in [4.69, 9.17) is 10.5 Å². The fourth-order valence-corrected chi connectivity index (χ4v) is 3.46. The third kappa shape index (κ3) is 6.27. The molecule has 1 aromatic carbocycles. The Morgan fingerprint density at radius 1 is 1.29 bits per heavy atom. The maximum absolute atomic E-state index is 12.1. The molecule has 0 bridgehead atoms. The van der Waals surface area contributed by atoms with Gasteiger partial charge < -0.3 is 10.5 Å². The monoisotopic (exact) mass is 313 g/mol. The minimum absolute atomic E-state index is 0.0971. The number of hydrogen-bond acceptors (Lipinski definition) is 5. The maximum Gasteiger partial charge on any atom is 0.307 e. The predicted octanol–water partition coefficient (Wildman–Crippen LogP) is 1.91. The van der Waals surface area contributed by atoms with Crippen LogP contribution in [0.25, 0.3) is 0 Å². The summed E-state index contributed by atoms with van der Waals surface area (Å²) in [5.74, 6) is -0.722. The van der Waals surface area contributed by atoms with Crippen LogP contribution in [0.3, 0.4) is 0 Å². The van der Waals surface area contributed by atoms with Crippen LogP contribution < -0.4 is 5.73 Å². The second-order valence-electron chi connectivity index (χ2n) is 5.15. The molecular formula is C15H23NO4S. The van der Waals surface area contributed by atoms with E-state index in [9.17, 15) is 13.2 Å². The third-order valence-electron chi connectivity index (χ3n) is 2.99. The standard InChI is InChI=1S/C15H23NO4S/c1-3-7-12(2)20-15(17)10-13(16)11-21(18,19)14-8-5-4-6-9-14/h4-6,8-9,12-13H,3,7,10-11,16H2,1-2H3. The molecule has 0 amide bonds. The predicted molar refractivity (Wildman–Crippen MR) is 81.5 cm³/mol. The molecule has 0 aliphatic rings. The molecule has 0 heterocycles. The van der Waals surface area contributed by atoms with Crippen LogP contribution in [0.4, 0.5) is 0 Å². The number of benzene rings is 1. The minimum Gasteiger partial charge on any atom is -0.463 e. The highest BCUT2D eigenvalue weighted by atomic mass is 32.2. The summed E-state index contributed by atoms with van der Waals surface area (Å²) in [6.07, 6.45) is 1.44. The van der Waals surface area contributed by atoms with Crippen molar-refractivity contribution in [2.75, 3.05) is 5.75 Å². The van der Waals surface area contributed by atoms with E-state index in [-0.39, 0.29) is 23.2 Å². The average Bonchev–Trinajstić information content (AvgIpc) is 2.38. The summed E-state index contributed by atoms with van der Waals surface area (Å²) in [4.78, 5) is 11.9. The molecule has 6 heteroatoms. The largest absolute Gasteiger partial charge is 0.463 e. The molecule has 2 unspecified atom stereocenters. The van der Waals surface area contributed by atoms with Gasteiger partial charge in [-0.05, 0) is 25.5 Å². The van der Waals surface area contributed by atoms with Gasteiger partial charge in [0.15, 0.2) is 9.84 Å². The summed E-state index contributed by atoms with van der Waals surface area (Å²) >= 11 is 0. The van der Waals surface area contributed by atoms with Crippen LogP contribution in [0.2, 0.25) is 0 Å². The maximum atomic E-state index is 12.1. The van der Waals surface area contributed by atoms with Gasteiger partial charge in [0, 0.05) is 6.04 Å². The zero-order valence-electron chi connectivity index (χ0n) is 12.5. The first kappa shape index (κ1) is 17.7. The van der Waals surface area contributed by atoms with Crippen LogP contribution in [0, 0.1) is 0 Å². The van der Waals surface area contributed by atoms with E-state index in [0.29, 0.717) is 0 Å². The molecule has 5 nitrogen and oxygen atoms in total. The number of esters is 1. The van der Waals surface area contributed by atoms with Crippen molar-refractivity contribution >= 4 is 15.8 Å². The SMILES string of the molecule is CCCC(C)OC(=O)CC(N)CS(=O)(=O)c1ccccc1. The first-order valence-corrected chi connectivity index (χ1v) is 8.73. The van der Waals surface area contributed by atoms with Gasteiger partial charge in [-0.1, -0.05) is 31.5 Å². The summed E-state index contributed by atoms with van der Waals surface area (Å²) in [6.45, 7) is 3.82. The van der Waals surface area contributed by atoms with Gasteiger partial charge in [-0.3, -0.25) is 4.79 Å². The Labute approximate surface area is 126 Å². The Balaban J connectivity index is 2.53. The van der Waals surface area contributed by atoms with Crippen molar-refractivity contribution in [1.82, 2.24) is 0 Å². The van der Waals surface area contributed by atoms with E-state index < -0.39 is 21.8 Å². The second kappa shape index (κ2) is 8.14. The van der Waals surface area contributed by atoms with Gasteiger partial charge in [0.25, 0.3) is 0 Å². The van der Waals surface area contributed by atoms with E-state index in [2.05, 4.69) is 0 Å². The lowest BCUT2D eigenvalue weighted by molar-refractivity contribution is -0.148. The Bertz CT molecular complexity index is 542. The smallest absolute Gasteiger partial charge is 0.307 e. The molecule has 0 aliphatic heterocycles. The normalized spacial score (nSPS) is 14.4. The fourth-order valence-electron chi connectivity index (χ4n) is 2.02. The molecule has 118 valence electrons. The molecule has 0 radical (unpaired) electrons. The van der Waals surface area contributed by atoms with Crippen molar-refractivity contribution in [3.8, 4) is 0 Å². The highest BCUT2D eigenvalue weighted by Gasteiger charge is 2.21. The van der Waals surface area contributed by atoms with Crippen LogP contribution in [-0.2, 0) is 19.4 Å². The van der Waals surface area contributed by atoms with Gasteiger partial charge in [0.1, 0.15) is 0 Å². The van der Waals surface area contributed by atoms with Crippen molar-refractivity contribution in [1.29, 1.82) is 0 Å². The first-order valence-electron chi connectivity index (χ1n) is 7.08. The van der Waals surface area contributed by atoms with Gasteiger partial charge in [-0.15, -0.1) is 0 Å². The van der Waals surface area contributed by atoms with Crippen LogP contribution in [-0.4, -0.2) is 32.3 Å². The summed E-state index contributed by atoms with van der Waals surface area (Å²) < 4.78 is 29.4. The van der Waals surface area contributed by atoms with Gasteiger partial charge >= 0.3 is 5.97 Å². The minimum atomic E-state index is -3.48. The Kier molecular flexibility index (Phi) is 6.84. The molecule has 21 heavy (non-hydrogen) atoms. The van der Waals surface area contributed by atoms with Crippen LogP contribution in [0.1, 0.15) is 33.1 Å². The number of carbonyl (C=O) groups is 1. The molecule has 1 rings (SSSR count). The topological polar surface area (TPSA) is 86.5 Å². The lowest BCUT2D eigenvalue weighted by Gasteiger charge is -2.15. The number of carbonyl (C=O) groups excluding carboxylic acids is 1. The van der Waals surface area contributed by atoms with E-state index in [1.165, 1.54) is 12.1 Å². The fraction of sp³-hybridized carbons (Fsp3) is 0.533. The van der Waals surface area contributed by atoms with Crippen LogP contribution >= 0.6 is 0 Å². The molecule has 2 N–H and O–H groups in total. The summed E-state index contributed by atoms with van der Waals surface area (Å²) in [5, 5.41) is 0. The zero-order valence-corrected chi connectivity index (χ0v) is 13.3. The highest BCUT2D eigenvalue weighted by molar-refractivity contribution is 7.91. The highest BCUT2D eigenvalue weighted by Crippen LogP contribution is 2.12. The summed E-state index contributed by atoms with van der Waals surface area (Å²) in [7, 11) is -3.48. The second-order valence-corrected chi connectivity index (χ2v) is 7.18. The van der Waals surface area contributed by atoms with E-state index in [1.807, 2.05) is 13.8 Å². The van der Waals surface area contributed by atoms with E-state index in [1.54, 1.807) is 18.2 Å². The number of sulfone groups is 1. The molecule has 0 saturated carbocycles. The molecule has 2 atom stereocenters. The molecule has 1 aromatic rings. The van der Waals surface area contributed by atoms with Crippen molar-refractivity contribution in [2.45, 2.75) is 50.2 Å². The Hall–Kier alpha value is -1.40. The molecular weight excluding hydrogens is 290 g/mol. The van der Waals surface area contributed by atoms with E-state index in [0.717, 1.165) is 12.8 Å². The quantitative estimate of drug-likeness (QED) is 0.741. The first-order chi connectivity index (χ1) is 9.85. The van der Waals surface area contributed by atoms with Crippen molar-refractivity contribution in [3.63, 3.8) is 0 Å². The molecule has 0 aromatic heterocycles. The third-order valence-corrected chi connectivity index (χ3v) is 4.85. The van der Waals surface area contributed by atoms with Gasteiger partial charge in [-0.2, -0.15) is 0 Å². The number of nitrogens with two attached hydrogens (primary N) is 1. The van der Waals surface area contributed by atoms with Crippen molar-refractivity contribution in [3.05, 3.63) is 30.3 Å². The summed E-state index contributed by atoms with van der Waals surface area (Å²) in [6, 6.07) is 7.31. The van der Waals surface area contributed by atoms with Gasteiger partial charge in [-0.25, -0.2) is 8.42 Å². The number of hydrogen-bond donors (Lipinski definition) is 1. The van der Waals surface area contributed by atoms with Crippen LogP contribution in [0.5, 0.6) is 0 Å². The van der Waals surface area contributed by atoms with E-state index >= 15 is 0 Å². The number of rotatable bonds is 8. The lowest BCUT2D eigenvalue weighted by atomic mass is 10.2. The average molecular weight is 313 g/mol. The summed E-state index contributed by atoms with van der Waals surface area (Å²) in [5.41, 5.74) is 5.77. The van der Waals surface area contributed by atoms with Crippen molar-refractivity contribution in [2.24, 2.45) is 5.73 Å². The Morgan fingerprint density at radius 2 is 1.90 bits per heavy atom. The zero-order chi connectivity index (χ0) is 15.9. The molecule has 0 spiro atoms. The molecule has 0 saturated heterocycles. The Morgan fingerprint density at radius 3 is 2.48 bits per heavy atom. The van der Waals surface area contributed by atoms with Crippen molar-refractivity contribution < 1.29 is 17.9 Å². The van der Waals surface area contributed by atoms with Gasteiger partial charge in [0.05, 0.1) is 23.2 Å². The van der Waals surface area contributed by atoms with Gasteiger partial charge in [0.2, 0.25) is 0 Å². The molecule has 0 fully saturated rings.